The van der Waals surface area contributed by atoms with E-state index < -0.39 is 15.9 Å². The average molecular weight is 370 g/mol. The summed E-state index contributed by atoms with van der Waals surface area (Å²) < 4.78 is 28.2. The van der Waals surface area contributed by atoms with Gasteiger partial charge in [-0.25, -0.2) is 8.42 Å². The van der Waals surface area contributed by atoms with Crippen LogP contribution in [-0.4, -0.2) is 20.4 Å². The van der Waals surface area contributed by atoms with E-state index in [-0.39, 0.29) is 10.9 Å². The largest absolute Gasteiger partial charge is 0.366 e. The molecule has 2 aromatic carbocycles. The summed E-state index contributed by atoms with van der Waals surface area (Å²) in [6, 6.07) is 11.5. The minimum Gasteiger partial charge on any atom is -0.366 e. The molecule has 1 aliphatic rings. The molecule has 3 rings (SSSR count). The molecule has 1 heterocycles. The van der Waals surface area contributed by atoms with E-state index in [4.69, 9.17) is 5.73 Å². The highest BCUT2D eigenvalue weighted by molar-refractivity contribution is 7.92. The third-order valence-electron chi connectivity index (χ3n) is 4.60. The maximum absolute atomic E-state index is 13.4. The molecular weight excluding hydrogens is 348 g/mol. The van der Waals surface area contributed by atoms with Gasteiger partial charge in [-0.3, -0.25) is 9.10 Å². The minimum atomic E-state index is -3.73. The highest BCUT2D eigenvalue weighted by atomic mass is 32.2. The summed E-state index contributed by atoms with van der Waals surface area (Å²) in [6.45, 7) is 3.79. The van der Waals surface area contributed by atoms with Crippen molar-refractivity contribution in [3.63, 3.8) is 0 Å². The lowest BCUT2D eigenvalue weighted by Crippen LogP contribution is -2.42. The third kappa shape index (κ3) is 3.24. The van der Waals surface area contributed by atoms with Crippen molar-refractivity contribution in [3.05, 3.63) is 71.3 Å². The molecule has 0 bridgehead atoms. The second kappa shape index (κ2) is 6.96. The van der Waals surface area contributed by atoms with E-state index in [1.54, 1.807) is 42.5 Å². The quantitative estimate of drug-likeness (QED) is 0.840. The zero-order chi connectivity index (χ0) is 18.9. The second-order valence-corrected chi connectivity index (χ2v) is 8.27. The van der Waals surface area contributed by atoms with Crippen LogP contribution in [-0.2, 0) is 16.4 Å². The van der Waals surface area contributed by atoms with Crippen molar-refractivity contribution >= 4 is 21.6 Å². The number of anilines is 1. The highest BCUT2D eigenvalue weighted by Gasteiger charge is 2.35. The van der Waals surface area contributed by atoms with Gasteiger partial charge in [0.05, 0.1) is 16.6 Å². The number of carbonyl (C=O) groups is 1. The number of aryl methyl sites for hydroxylation is 2. The number of fused-ring (bicyclic) bond motifs is 1. The molecule has 5 nitrogen and oxygen atoms in total. The smallest absolute Gasteiger partial charge is 0.264 e. The molecule has 6 heteroatoms. The molecule has 1 aliphatic heterocycles. The fourth-order valence-corrected chi connectivity index (χ4v) is 4.96. The van der Waals surface area contributed by atoms with Crippen molar-refractivity contribution in [2.45, 2.75) is 37.6 Å². The summed E-state index contributed by atoms with van der Waals surface area (Å²) in [6.07, 6.45) is 5.10. The normalized spacial score (nSPS) is 17.3. The zero-order valence-electron chi connectivity index (χ0n) is 14.8. The number of hydrogen-bond donors (Lipinski definition) is 1. The molecule has 2 aromatic rings. The van der Waals surface area contributed by atoms with Gasteiger partial charge in [0.15, 0.2) is 0 Å². The number of amides is 1. The average Bonchev–Trinajstić information content (AvgIpc) is 2.61. The minimum absolute atomic E-state index is 0.254. The van der Waals surface area contributed by atoms with Gasteiger partial charge in [0.1, 0.15) is 0 Å². The van der Waals surface area contributed by atoms with Gasteiger partial charge in [0, 0.05) is 5.56 Å². The van der Waals surface area contributed by atoms with Crippen LogP contribution in [0.5, 0.6) is 0 Å². The van der Waals surface area contributed by atoms with E-state index in [0.717, 1.165) is 11.1 Å². The third-order valence-corrected chi connectivity index (χ3v) is 6.46. The van der Waals surface area contributed by atoms with E-state index in [1.165, 1.54) is 4.31 Å². The summed E-state index contributed by atoms with van der Waals surface area (Å²) in [5.74, 6) is -0.517. The molecule has 2 N–H and O–H groups in total. The molecule has 0 spiro atoms. The van der Waals surface area contributed by atoms with Crippen molar-refractivity contribution in [2.75, 3.05) is 4.31 Å². The Morgan fingerprint density at radius 3 is 2.50 bits per heavy atom. The van der Waals surface area contributed by atoms with Crippen molar-refractivity contribution in [1.29, 1.82) is 0 Å². The van der Waals surface area contributed by atoms with Gasteiger partial charge in [0.25, 0.3) is 10.0 Å². The number of primary amides is 1. The number of nitrogens with two attached hydrogens (primary N) is 1. The zero-order valence-corrected chi connectivity index (χ0v) is 15.7. The molecule has 0 fully saturated rings. The molecule has 26 heavy (non-hydrogen) atoms. The van der Waals surface area contributed by atoms with Gasteiger partial charge in [-0.2, -0.15) is 0 Å². The Morgan fingerprint density at radius 1 is 1.19 bits per heavy atom. The molecule has 1 atom stereocenters. The predicted molar refractivity (Wildman–Crippen MR) is 103 cm³/mol. The Bertz CT molecular complexity index is 963. The molecule has 0 aromatic heterocycles. The first-order chi connectivity index (χ1) is 12.3. The van der Waals surface area contributed by atoms with E-state index >= 15 is 0 Å². The maximum Gasteiger partial charge on any atom is 0.264 e. The summed E-state index contributed by atoms with van der Waals surface area (Å²) >= 11 is 0. The van der Waals surface area contributed by atoms with Gasteiger partial charge in [0.2, 0.25) is 5.91 Å². The molecule has 136 valence electrons. The highest BCUT2D eigenvalue weighted by Crippen LogP contribution is 2.36. The van der Waals surface area contributed by atoms with Crippen LogP contribution in [0.4, 0.5) is 5.69 Å². The summed E-state index contributed by atoms with van der Waals surface area (Å²) in [7, 11) is -3.73. The van der Waals surface area contributed by atoms with Crippen LogP contribution in [0.1, 0.15) is 34.8 Å². The van der Waals surface area contributed by atoms with Crippen LogP contribution in [0.3, 0.4) is 0 Å². The first-order valence-corrected chi connectivity index (χ1v) is 9.95. The Hall–Kier alpha value is -2.60. The number of hydrogen-bond acceptors (Lipinski definition) is 3. The summed E-state index contributed by atoms with van der Waals surface area (Å²) in [4.78, 5) is 11.7. The lowest BCUT2D eigenvalue weighted by Gasteiger charge is -2.36. The SMILES string of the molecule is C/C=C/C1CCc2cc(C(N)=O)ccc2N1S(=O)(=O)c1ccc(C)cc1. The second-order valence-electron chi connectivity index (χ2n) is 6.45. The standard InChI is InChI=1S/C20H22N2O3S/c1-3-4-17-9-7-15-13-16(20(21)23)8-12-19(15)22(17)26(24,25)18-10-5-14(2)6-11-18/h3-6,8,10-13,17H,7,9H2,1-2H3,(H2,21,23)/b4-3+. The van der Waals surface area contributed by atoms with E-state index in [0.29, 0.717) is 24.1 Å². The Balaban J connectivity index is 2.15. The van der Waals surface area contributed by atoms with Gasteiger partial charge in [-0.05, 0) is 62.6 Å². The van der Waals surface area contributed by atoms with Gasteiger partial charge in [-0.15, -0.1) is 0 Å². The Kier molecular flexibility index (Phi) is 4.87. The van der Waals surface area contributed by atoms with Crippen LogP contribution in [0.25, 0.3) is 0 Å². The van der Waals surface area contributed by atoms with Crippen molar-refractivity contribution < 1.29 is 13.2 Å². The van der Waals surface area contributed by atoms with Crippen molar-refractivity contribution in [1.82, 2.24) is 0 Å². The molecule has 1 amide bonds. The number of rotatable bonds is 4. The van der Waals surface area contributed by atoms with E-state index in [2.05, 4.69) is 0 Å². The van der Waals surface area contributed by atoms with Crippen LogP contribution >= 0.6 is 0 Å². The number of sulfonamides is 1. The first-order valence-electron chi connectivity index (χ1n) is 8.51. The molecule has 0 saturated heterocycles. The first kappa shape index (κ1) is 18.2. The molecular formula is C20H22N2O3S. The maximum atomic E-state index is 13.4. The molecule has 0 saturated carbocycles. The van der Waals surface area contributed by atoms with Crippen LogP contribution in [0.15, 0.2) is 59.5 Å². The number of benzene rings is 2. The Labute approximate surface area is 154 Å². The number of carbonyl (C=O) groups excluding carboxylic acids is 1. The van der Waals surface area contributed by atoms with Crippen molar-refractivity contribution in [3.8, 4) is 0 Å². The van der Waals surface area contributed by atoms with Crippen molar-refractivity contribution in [2.24, 2.45) is 5.73 Å². The summed E-state index contributed by atoms with van der Waals surface area (Å²) in [5, 5.41) is 0. The van der Waals surface area contributed by atoms with Gasteiger partial charge in [-0.1, -0.05) is 29.8 Å². The van der Waals surface area contributed by atoms with Gasteiger partial charge < -0.3 is 5.73 Å². The molecule has 0 radical (unpaired) electrons. The number of allylic oxidation sites excluding steroid dienone is 1. The number of nitrogens with zero attached hydrogens (tertiary/aromatic N) is 1. The van der Waals surface area contributed by atoms with Crippen LogP contribution in [0, 0.1) is 6.92 Å². The molecule has 1 unspecified atom stereocenters. The monoisotopic (exact) mass is 370 g/mol. The van der Waals surface area contributed by atoms with E-state index in [1.807, 2.05) is 26.0 Å². The topological polar surface area (TPSA) is 80.5 Å². The van der Waals surface area contributed by atoms with Crippen LogP contribution < -0.4 is 10.0 Å². The fourth-order valence-electron chi connectivity index (χ4n) is 3.28. The van der Waals surface area contributed by atoms with Crippen LogP contribution in [0.2, 0.25) is 0 Å². The summed E-state index contributed by atoms with van der Waals surface area (Å²) in [5.41, 5.74) is 8.17. The Morgan fingerprint density at radius 2 is 1.88 bits per heavy atom. The van der Waals surface area contributed by atoms with E-state index in [9.17, 15) is 13.2 Å². The lowest BCUT2D eigenvalue weighted by atomic mass is 9.96. The fraction of sp³-hybridized carbons (Fsp3) is 0.250. The predicted octanol–water partition coefficient (Wildman–Crippen LogP) is 3.18. The lowest BCUT2D eigenvalue weighted by molar-refractivity contribution is 0.1000. The van der Waals surface area contributed by atoms with Gasteiger partial charge >= 0.3 is 0 Å². The molecule has 0 aliphatic carbocycles.